The summed E-state index contributed by atoms with van der Waals surface area (Å²) >= 11 is 8.91. The number of aliphatic hydroxyl groups excluding tert-OH is 1. The molecule has 1 saturated carbocycles. The molecule has 0 bridgehead atoms. The van der Waals surface area contributed by atoms with E-state index in [0.29, 0.717) is 16.5 Å². The van der Waals surface area contributed by atoms with Gasteiger partial charge >= 0.3 is 0 Å². The van der Waals surface area contributed by atoms with Crippen molar-refractivity contribution in [3.63, 3.8) is 0 Å². The summed E-state index contributed by atoms with van der Waals surface area (Å²) in [7, 11) is 0. The number of phenols is 1. The number of aromatic hydroxyl groups is 1. The molecule has 0 aromatic heterocycles. The molecule has 1 fully saturated rings. The molecule has 0 saturated heterocycles. The fraction of sp³-hybridized carbons (Fsp3) is 0.182. The molecule has 3 aromatic carbocycles. The van der Waals surface area contributed by atoms with Crippen molar-refractivity contribution in [2.45, 2.75) is 29.1 Å². The van der Waals surface area contributed by atoms with Crippen molar-refractivity contribution in [2.75, 3.05) is 10.5 Å². The fourth-order valence-corrected chi connectivity index (χ4v) is 4.77. The lowest BCUT2D eigenvalue weighted by molar-refractivity contribution is 0.392. The maximum absolute atomic E-state index is 10.7. The van der Waals surface area contributed by atoms with Crippen LogP contribution >= 0.6 is 35.3 Å². The average Bonchev–Trinajstić information content (AvgIpc) is 2.66. The maximum Gasteiger partial charge on any atom is 0.137 e. The van der Waals surface area contributed by atoms with Gasteiger partial charge in [0.05, 0.1) is 16.3 Å². The van der Waals surface area contributed by atoms with Crippen LogP contribution in [0.15, 0.2) is 75.7 Å². The molecular weight excluding hydrogens is 410 g/mol. The van der Waals surface area contributed by atoms with Gasteiger partial charge in [0.15, 0.2) is 0 Å². The number of benzene rings is 3. The Bertz CT molecular complexity index is 1030. The minimum atomic E-state index is 0.258. The molecule has 0 aliphatic heterocycles. The lowest BCUT2D eigenvalue weighted by atomic mass is 9.92. The largest absolute Gasteiger partial charge is 0.511 e. The molecule has 3 N–H and O–H groups in total. The van der Waals surface area contributed by atoms with E-state index in [1.54, 1.807) is 0 Å². The van der Waals surface area contributed by atoms with Gasteiger partial charge in [-0.05, 0) is 67.1 Å². The second-order valence-corrected chi connectivity index (χ2v) is 9.00. The number of anilines is 1. The van der Waals surface area contributed by atoms with Crippen molar-refractivity contribution in [1.82, 2.24) is 0 Å². The van der Waals surface area contributed by atoms with Crippen LogP contribution in [-0.2, 0) is 0 Å². The van der Waals surface area contributed by atoms with Crippen LogP contribution in [0.1, 0.15) is 19.3 Å². The molecule has 1 aliphatic rings. The van der Waals surface area contributed by atoms with Gasteiger partial charge in [0, 0.05) is 20.7 Å². The Labute approximate surface area is 177 Å². The van der Waals surface area contributed by atoms with Gasteiger partial charge in [-0.25, -0.2) is 0 Å². The fourth-order valence-electron chi connectivity index (χ4n) is 3.04. The van der Waals surface area contributed by atoms with Crippen molar-refractivity contribution in [3.05, 3.63) is 71.0 Å². The smallest absolute Gasteiger partial charge is 0.137 e. The van der Waals surface area contributed by atoms with Gasteiger partial charge in [0.1, 0.15) is 11.5 Å². The van der Waals surface area contributed by atoms with Crippen molar-refractivity contribution in [2.24, 2.45) is 0 Å². The van der Waals surface area contributed by atoms with Crippen LogP contribution in [0.5, 0.6) is 5.75 Å². The first-order valence-electron chi connectivity index (χ1n) is 9.07. The summed E-state index contributed by atoms with van der Waals surface area (Å²) in [4.78, 5) is 1.80. The first-order chi connectivity index (χ1) is 13.6. The van der Waals surface area contributed by atoms with Gasteiger partial charge in [-0.3, -0.25) is 0 Å². The number of allylic oxidation sites excluding steroid dienone is 1. The van der Waals surface area contributed by atoms with E-state index >= 15 is 0 Å². The Morgan fingerprint density at radius 2 is 1.75 bits per heavy atom. The maximum atomic E-state index is 10.7. The summed E-state index contributed by atoms with van der Waals surface area (Å²) in [6.07, 6.45) is 3.13. The summed E-state index contributed by atoms with van der Waals surface area (Å²) in [6.45, 7) is 0. The molecule has 0 amide bonds. The van der Waals surface area contributed by atoms with Gasteiger partial charge in [-0.1, -0.05) is 35.9 Å². The van der Waals surface area contributed by atoms with Crippen LogP contribution in [0.2, 0.25) is 5.02 Å². The number of hydrogen-bond donors (Lipinski definition) is 3. The van der Waals surface area contributed by atoms with E-state index in [9.17, 15) is 10.2 Å². The Morgan fingerprint density at radius 1 is 1.04 bits per heavy atom. The summed E-state index contributed by atoms with van der Waals surface area (Å²) in [6, 6.07) is 17.4. The third-order valence-corrected chi connectivity index (χ3v) is 6.93. The lowest BCUT2D eigenvalue weighted by Crippen LogP contribution is -2.03. The van der Waals surface area contributed by atoms with Gasteiger partial charge in [-0.2, -0.15) is 0 Å². The zero-order valence-electron chi connectivity index (χ0n) is 15.1. The van der Waals surface area contributed by atoms with Crippen molar-refractivity contribution < 1.29 is 10.2 Å². The van der Waals surface area contributed by atoms with E-state index in [1.807, 2.05) is 54.6 Å². The molecule has 144 valence electrons. The normalized spacial score (nSPS) is 13.4. The van der Waals surface area contributed by atoms with E-state index in [1.165, 1.54) is 23.7 Å². The Hall–Kier alpha value is -1.95. The summed E-state index contributed by atoms with van der Waals surface area (Å²) in [5, 5.41) is 23.4. The first-order valence-corrected chi connectivity index (χ1v) is 11.3. The third kappa shape index (κ3) is 4.22. The predicted molar refractivity (Wildman–Crippen MR) is 121 cm³/mol. The van der Waals surface area contributed by atoms with E-state index in [4.69, 9.17) is 11.6 Å². The zero-order chi connectivity index (χ0) is 19.5. The van der Waals surface area contributed by atoms with Crippen LogP contribution in [0.25, 0.3) is 10.8 Å². The Balaban J connectivity index is 1.60. The number of halogens is 1. The molecule has 4 rings (SSSR count). The molecule has 0 spiro atoms. The number of aliphatic hydroxyl groups is 1. The lowest BCUT2D eigenvalue weighted by Gasteiger charge is -2.19. The van der Waals surface area contributed by atoms with E-state index in [-0.39, 0.29) is 5.75 Å². The van der Waals surface area contributed by atoms with Crippen molar-refractivity contribution in [1.29, 1.82) is 0 Å². The van der Waals surface area contributed by atoms with Crippen LogP contribution in [0.3, 0.4) is 0 Å². The number of rotatable bonds is 6. The topological polar surface area (TPSA) is 52.5 Å². The molecule has 0 unspecified atom stereocenters. The highest BCUT2D eigenvalue weighted by molar-refractivity contribution is 8.00. The molecule has 0 heterocycles. The number of thioether (sulfide) groups is 1. The third-order valence-electron chi connectivity index (χ3n) is 4.80. The summed E-state index contributed by atoms with van der Waals surface area (Å²) in [5.41, 5.74) is 2.07. The number of fused-ring (bicyclic) bond motifs is 1. The van der Waals surface area contributed by atoms with Crippen LogP contribution in [-0.4, -0.2) is 16.0 Å². The van der Waals surface area contributed by atoms with Gasteiger partial charge in [-0.15, -0.1) is 11.8 Å². The highest BCUT2D eigenvalue weighted by Gasteiger charge is 2.16. The van der Waals surface area contributed by atoms with Gasteiger partial charge in [0.2, 0.25) is 0 Å². The Kier molecular flexibility index (Phi) is 5.95. The van der Waals surface area contributed by atoms with Gasteiger partial charge < -0.3 is 14.9 Å². The molecule has 1 aliphatic carbocycles. The first kappa shape index (κ1) is 19.4. The number of hydrogen-bond acceptors (Lipinski definition) is 5. The van der Waals surface area contributed by atoms with E-state index in [0.717, 1.165) is 51.1 Å². The molecule has 28 heavy (non-hydrogen) atoms. The van der Waals surface area contributed by atoms with Crippen LogP contribution in [0.4, 0.5) is 5.69 Å². The Morgan fingerprint density at radius 3 is 2.43 bits per heavy atom. The van der Waals surface area contributed by atoms with Crippen LogP contribution in [0, 0.1) is 0 Å². The van der Waals surface area contributed by atoms with E-state index < -0.39 is 0 Å². The highest BCUT2D eigenvalue weighted by atomic mass is 35.5. The summed E-state index contributed by atoms with van der Waals surface area (Å²) < 4.78 is 3.40. The van der Waals surface area contributed by atoms with Crippen LogP contribution < -0.4 is 4.72 Å². The second-order valence-electron chi connectivity index (χ2n) is 6.67. The minimum Gasteiger partial charge on any atom is -0.511 e. The quantitative estimate of drug-likeness (QED) is 0.165. The zero-order valence-corrected chi connectivity index (χ0v) is 17.5. The molecule has 0 atom stereocenters. The SMILES string of the molecule is OC(CSc1cc(NSc2ccc(Cl)cc2)c2ccccc2c1O)=C1CCC1. The van der Waals surface area contributed by atoms with Gasteiger partial charge in [0.25, 0.3) is 0 Å². The molecular formula is C22H20ClNO2S2. The summed E-state index contributed by atoms with van der Waals surface area (Å²) in [5.74, 6) is 1.19. The molecule has 3 aromatic rings. The number of nitrogens with one attached hydrogen (secondary N) is 1. The minimum absolute atomic E-state index is 0.258. The predicted octanol–water partition coefficient (Wildman–Crippen LogP) is 7.41. The number of phenolic OH excluding ortho intramolecular Hbond substituents is 1. The highest BCUT2D eigenvalue weighted by Crippen LogP contribution is 2.42. The van der Waals surface area contributed by atoms with E-state index in [2.05, 4.69) is 4.72 Å². The molecule has 0 radical (unpaired) electrons. The second kappa shape index (κ2) is 8.60. The molecule has 6 heteroatoms. The standard InChI is InChI=1S/C22H20ClNO2S2/c23-15-8-10-16(11-9-15)28-24-19-12-21(27-13-20(25)14-4-3-5-14)22(26)18-7-2-1-6-17(18)19/h1-2,6-12,24-26H,3-5,13H2. The molecule has 3 nitrogen and oxygen atoms in total. The van der Waals surface area contributed by atoms with Crippen molar-refractivity contribution in [3.8, 4) is 5.75 Å². The van der Waals surface area contributed by atoms with Crippen molar-refractivity contribution >= 4 is 51.8 Å². The average molecular weight is 430 g/mol. The monoisotopic (exact) mass is 429 g/mol.